The summed E-state index contributed by atoms with van der Waals surface area (Å²) in [5.41, 5.74) is 18.1. The van der Waals surface area contributed by atoms with Gasteiger partial charge in [-0.1, -0.05) is 25.3 Å². The molecule has 0 saturated carbocycles. The molecule has 0 spiro atoms. The Kier molecular flexibility index (Phi) is 15.8. The van der Waals surface area contributed by atoms with Crippen molar-refractivity contribution in [3.8, 4) is 51.4 Å². The number of benzene rings is 3. The van der Waals surface area contributed by atoms with Gasteiger partial charge in [-0.15, -0.1) is 0 Å². The highest BCUT2D eigenvalue weighted by Gasteiger charge is 2.28. The minimum absolute atomic E-state index is 0.0780. The number of carbonyl (C=O) groups excluding carboxylic acids is 3. The SMILES string of the molecule is COc1cc(-c2c3c4cc(OC)c(OC(=O)CCCCCN)cc4oc(=O)c3n3ccc4c(OC(=O)CCCCCN)c(OC)c(OC)cc4c23)ccc1OC(=O)CCCCCN. The average Bonchev–Trinajstić information content (AvgIpc) is 3.64. The molecule has 3 aromatic carbocycles. The lowest BCUT2D eigenvalue weighted by Gasteiger charge is -2.17. The molecule has 63 heavy (non-hydrogen) atoms. The molecule has 0 saturated heterocycles. The van der Waals surface area contributed by atoms with E-state index in [-0.39, 0.29) is 70.6 Å². The molecule has 16 nitrogen and oxygen atoms in total. The lowest BCUT2D eigenvalue weighted by Crippen LogP contribution is -2.10. The third-order valence-corrected chi connectivity index (χ3v) is 10.8. The standard InChI is InChI=1S/C47H56N4O12/c1-56-34-24-28(17-18-32(34)60-38(52)14-8-5-11-20-48)41-42-31-26-35(57-2)36(61-39(53)15-9-6-12-21-49)27-33(31)62-47(55)44(42)51-23-19-29-30(43(41)51)25-37(58-3)46(59-4)45(29)63-40(54)16-10-7-13-22-50/h17-19,23-27H,5-16,20-22,48-50H2,1-4H3. The van der Waals surface area contributed by atoms with E-state index in [2.05, 4.69) is 0 Å². The monoisotopic (exact) mass is 868 g/mol. The number of aromatic nitrogens is 1. The van der Waals surface area contributed by atoms with E-state index in [0.29, 0.717) is 77.1 Å². The summed E-state index contributed by atoms with van der Waals surface area (Å²) in [4.78, 5) is 53.5. The van der Waals surface area contributed by atoms with Crippen molar-refractivity contribution < 1.29 is 52.0 Å². The molecule has 0 fully saturated rings. The molecule has 0 aliphatic carbocycles. The fourth-order valence-corrected chi connectivity index (χ4v) is 7.73. The van der Waals surface area contributed by atoms with Crippen LogP contribution in [0.25, 0.3) is 49.3 Å². The van der Waals surface area contributed by atoms with Crippen LogP contribution in [0.2, 0.25) is 0 Å². The summed E-state index contributed by atoms with van der Waals surface area (Å²) in [6.07, 6.45) is 8.70. The van der Waals surface area contributed by atoms with Gasteiger partial charge in [0.05, 0.1) is 34.0 Å². The Hall–Kier alpha value is -6.36. The molecule has 6 N–H and O–H groups in total. The van der Waals surface area contributed by atoms with Gasteiger partial charge in [-0.25, -0.2) is 4.79 Å². The molecule has 3 heterocycles. The van der Waals surface area contributed by atoms with Crippen molar-refractivity contribution in [3.63, 3.8) is 0 Å². The van der Waals surface area contributed by atoms with Gasteiger partial charge in [-0.05, 0) is 94.1 Å². The maximum atomic E-state index is 14.3. The van der Waals surface area contributed by atoms with Gasteiger partial charge in [0.2, 0.25) is 5.75 Å². The Bertz CT molecular complexity index is 2670. The van der Waals surface area contributed by atoms with Crippen LogP contribution >= 0.6 is 0 Å². The number of hydrogen-bond donors (Lipinski definition) is 3. The van der Waals surface area contributed by atoms with Crippen LogP contribution in [0.3, 0.4) is 0 Å². The van der Waals surface area contributed by atoms with Gasteiger partial charge in [-0.3, -0.25) is 14.4 Å². The highest BCUT2D eigenvalue weighted by atomic mass is 16.6. The number of nitrogens with zero attached hydrogens (tertiary/aromatic N) is 1. The molecule has 0 radical (unpaired) electrons. The molecule has 0 aliphatic heterocycles. The normalized spacial score (nSPS) is 11.3. The zero-order chi connectivity index (χ0) is 45.0. The zero-order valence-electron chi connectivity index (χ0n) is 36.3. The minimum atomic E-state index is -0.695. The van der Waals surface area contributed by atoms with Gasteiger partial charge in [0.25, 0.3) is 0 Å². The fourth-order valence-electron chi connectivity index (χ4n) is 7.73. The fraction of sp³-hybridized carbons (Fsp3) is 0.404. The van der Waals surface area contributed by atoms with E-state index < -0.39 is 23.5 Å². The molecule has 16 heteroatoms. The van der Waals surface area contributed by atoms with Crippen LogP contribution in [0.4, 0.5) is 0 Å². The van der Waals surface area contributed by atoms with Crippen molar-refractivity contribution >= 4 is 56.1 Å². The molecule has 3 aromatic heterocycles. The summed E-state index contributed by atoms with van der Waals surface area (Å²) in [5.74, 6) is -0.0152. The summed E-state index contributed by atoms with van der Waals surface area (Å²) in [6.45, 7) is 1.59. The maximum absolute atomic E-state index is 14.3. The third kappa shape index (κ3) is 10.1. The number of fused-ring (bicyclic) bond motifs is 7. The molecular formula is C47H56N4O12. The predicted octanol–water partition coefficient (Wildman–Crippen LogP) is 7.33. The van der Waals surface area contributed by atoms with Gasteiger partial charge in [0, 0.05) is 58.6 Å². The molecule has 336 valence electrons. The Labute approximate surface area is 364 Å². The minimum Gasteiger partial charge on any atom is -0.493 e. The van der Waals surface area contributed by atoms with Crippen molar-refractivity contribution in [1.82, 2.24) is 4.40 Å². The highest BCUT2D eigenvalue weighted by molar-refractivity contribution is 6.22. The second-order valence-corrected chi connectivity index (χ2v) is 15.0. The number of nitrogens with two attached hydrogens (primary N) is 3. The molecule has 0 unspecified atom stereocenters. The van der Waals surface area contributed by atoms with Crippen LogP contribution in [-0.2, 0) is 14.4 Å². The first-order valence-corrected chi connectivity index (χ1v) is 21.2. The molecule has 6 aromatic rings. The van der Waals surface area contributed by atoms with Crippen molar-refractivity contribution in [2.45, 2.75) is 77.0 Å². The first-order valence-electron chi connectivity index (χ1n) is 21.2. The van der Waals surface area contributed by atoms with Gasteiger partial charge in [0.15, 0.2) is 34.5 Å². The van der Waals surface area contributed by atoms with Crippen LogP contribution in [0.15, 0.2) is 57.9 Å². The number of carbonyl (C=O) groups is 3. The number of pyridine rings is 1. The van der Waals surface area contributed by atoms with Gasteiger partial charge in [0.1, 0.15) is 11.1 Å². The summed E-state index contributed by atoms with van der Waals surface area (Å²) in [5, 5.41) is 1.91. The molecular weight excluding hydrogens is 813 g/mol. The van der Waals surface area contributed by atoms with Crippen LogP contribution in [0.5, 0.6) is 40.2 Å². The third-order valence-electron chi connectivity index (χ3n) is 10.8. The van der Waals surface area contributed by atoms with Crippen LogP contribution in [0.1, 0.15) is 77.0 Å². The smallest absolute Gasteiger partial charge is 0.361 e. The molecule has 0 aliphatic rings. The van der Waals surface area contributed by atoms with Crippen LogP contribution in [0, 0.1) is 0 Å². The first kappa shape index (κ1) is 46.2. The lowest BCUT2D eigenvalue weighted by atomic mass is 9.97. The lowest BCUT2D eigenvalue weighted by molar-refractivity contribution is -0.135. The molecule has 0 bridgehead atoms. The van der Waals surface area contributed by atoms with E-state index in [1.165, 1.54) is 34.5 Å². The van der Waals surface area contributed by atoms with Crippen LogP contribution < -0.4 is 56.0 Å². The second-order valence-electron chi connectivity index (χ2n) is 15.0. The summed E-state index contributed by atoms with van der Waals surface area (Å²) >= 11 is 0. The van der Waals surface area contributed by atoms with E-state index in [4.69, 9.17) is 54.8 Å². The number of rotatable bonds is 23. The first-order chi connectivity index (χ1) is 30.6. The van der Waals surface area contributed by atoms with E-state index in [9.17, 15) is 19.2 Å². The highest BCUT2D eigenvalue weighted by Crippen LogP contribution is 2.50. The number of methoxy groups -OCH3 is 4. The van der Waals surface area contributed by atoms with Crippen molar-refractivity contribution in [3.05, 3.63) is 59.1 Å². The Morgan fingerprint density at radius 2 is 1.10 bits per heavy atom. The second kappa shape index (κ2) is 21.6. The summed E-state index contributed by atoms with van der Waals surface area (Å²) in [6, 6.07) is 11.7. The van der Waals surface area contributed by atoms with Gasteiger partial charge >= 0.3 is 23.5 Å². The Balaban J connectivity index is 1.63. The topological polar surface area (TPSA) is 228 Å². The van der Waals surface area contributed by atoms with E-state index >= 15 is 0 Å². The van der Waals surface area contributed by atoms with Crippen molar-refractivity contribution in [1.29, 1.82) is 0 Å². The summed E-state index contributed by atoms with van der Waals surface area (Å²) in [7, 11) is 5.84. The van der Waals surface area contributed by atoms with E-state index in [1.807, 2.05) is 0 Å². The number of hydrogen-bond acceptors (Lipinski definition) is 15. The number of esters is 3. The average molecular weight is 869 g/mol. The molecule has 0 atom stereocenters. The van der Waals surface area contributed by atoms with Crippen LogP contribution in [-0.4, -0.2) is 70.4 Å². The number of ether oxygens (including phenoxy) is 7. The molecule has 0 amide bonds. The zero-order valence-corrected chi connectivity index (χ0v) is 36.3. The molecule has 6 rings (SSSR count). The van der Waals surface area contributed by atoms with Crippen molar-refractivity contribution in [2.24, 2.45) is 17.2 Å². The van der Waals surface area contributed by atoms with E-state index in [1.54, 1.807) is 47.0 Å². The number of unbranched alkanes of at least 4 members (excludes halogenated alkanes) is 6. The Morgan fingerprint density at radius 3 is 1.67 bits per heavy atom. The summed E-state index contributed by atoms with van der Waals surface area (Å²) < 4.78 is 48.5. The van der Waals surface area contributed by atoms with Gasteiger partial charge < -0.3 is 59.2 Å². The quantitative estimate of drug-likeness (QED) is 0.0248. The predicted molar refractivity (Wildman–Crippen MR) is 240 cm³/mol. The Morgan fingerprint density at radius 1 is 0.540 bits per heavy atom. The maximum Gasteiger partial charge on any atom is 0.361 e. The van der Waals surface area contributed by atoms with Crippen molar-refractivity contribution in [2.75, 3.05) is 48.1 Å². The largest absolute Gasteiger partial charge is 0.493 e. The van der Waals surface area contributed by atoms with Gasteiger partial charge in [-0.2, -0.15) is 0 Å². The van der Waals surface area contributed by atoms with E-state index in [0.717, 1.165) is 38.5 Å².